The van der Waals surface area contributed by atoms with E-state index in [1.807, 2.05) is 25.1 Å². The summed E-state index contributed by atoms with van der Waals surface area (Å²) in [6.45, 7) is 5.97. The number of nitrogens with zero attached hydrogens (tertiary/aromatic N) is 1. The minimum atomic E-state index is -0.783. The first-order valence-electron chi connectivity index (χ1n) is 7.75. The molecule has 0 bridgehead atoms. The second-order valence-electron chi connectivity index (χ2n) is 5.43. The van der Waals surface area contributed by atoms with Gasteiger partial charge in [0.1, 0.15) is 0 Å². The van der Waals surface area contributed by atoms with Gasteiger partial charge in [-0.15, -0.1) is 6.42 Å². The maximum absolute atomic E-state index is 12.2. The standard InChI is InChI=1S/C18H23NO3/c1-3-18(22-17(20)16-8-6-5-7-9-16)10-12-19(13-11-18)14-15-21-4-2/h1,5-9H,4,10-15H2,2H3. The number of carbonyl (C=O) groups excluding carboxylic acids is 1. The Morgan fingerprint density at radius 3 is 2.59 bits per heavy atom. The quantitative estimate of drug-likeness (QED) is 0.459. The van der Waals surface area contributed by atoms with E-state index < -0.39 is 5.60 Å². The van der Waals surface area contributed by atoms with Gasteiger partial charge in [-0.3, -0.25) is 0 Å². The maximum Gasteiger partial charge on any atom is 0.339 e. The van der Waals surface area contributed by atoms with E-state index in [2.05, 4.69) is 10.8 Å². The molecule has 0 aromatic heterocycles. The molecule has 1 heterocycles. The SMILES string of the molecule is C#CC1(OC(=O)c2ccccc2)CCN(CCOCC)CC1. The highest BCUT2D eigenvalue weighted by molar-refractivity contribution is 5.89. The van der Waals surface area contributed by atoms with Crippen molar-refractivity contribution in [3.8, 4) is 12.3 Å². The molecule has 0 amide bonds. The summed E-state index contributed by atoms with van der Waals surface area (Å²) >= 11 is 0. The summed E-state index contributed by atoms with van der Waals surface area (Å²) in [6.07, 6.45) is 6.98. The van der Waals surface area contributed by atoms with Gasteiger partial charge in [-0.2, -0.15) is 0 Å². The minimum Gasteiger partial charge on any atom is -0.442 e. The van der Waals surface area contributed by atoms with Crippen molar-refractivity contribution in [1.29, 1.82) is 0 Å². The molecule has 4 heteroatoms. The molecule has 0 unspecified atom stereocenters. The Morgan fingerprint density at radius 1 is 1.32 bits per heavy atom. The number of terminal acetylenes is 1. The summed E-state index contributed by atoms with van der Waals surface area (Å²) in [4.78, 5) is 14.5. The molecule has 1 aromatic rings. The van der Waals surface area contributed by atoms with E-state index >= 15 is 0 Å². The summed E-state index contributed by atoms with van der Waals surface area (Å²) in [5.74, 6) is 2.36. The molecule has 0 saturated carbocycles. The van der Waals surface area contributed by atoms with E-state index in [1.165, 1.54) is 0 Å². The molecule has 0 radical (unpaired) electrons. The fourth-order valence-electron chi connectivity index (χ4n) is 2.56. The average molecular weight is 301 g/mol. The highest BCUT2D eigenvalue weighted by Gasteiger charge is 2.36. The second kappa shape index (κ2) is 7.98. The summed E-state index contributed by atoms with van der Waals surface area (Å²) in [6, 6.07) is 8.98. The lowest BCUT2D eigenvalue weighted by molar-refractivity contribution is -0.0226. The Morgan fingerprint density at radius 2 is 2.00 bits per heavy atom. The van der Waals surface area contributed by atoms with Gasteiger partial charge >= 0.3 is 5.97 Å². The van der Waals surface area contributed by atoms with Crippen LogP contribution in [-0.2, 0) is 9.47 Å². The van der Waals surface area contributed by atoms with Crippen LogP contribution in [0.25, 0.3) is 0 Å². The van der Waals surface area contributed by atoms with Gasteiger partial charge in [0, 0.05) is 39.1 Å². The number of likely N-dealkylation sites (tertiary alicyclic amines) is 1. The van der Waals surface area contributed by atoms with Crippen molar-refractivity contribution < 1.29 is 14.3 Å². The monoisotopic (exact) mass is 301 g/mol. The van der Waals surface area contributed by atoms with Crippen molar-refractivity contribution in [2.75, 3.05) is 32.8 Å². The van der Waals surface area contributed by atoms with E-state index in [9.17, 15) is 4.79 Å². The van der Waals surface area contributed by atoms with E-state index in [0.717, 1.165) is 32.8 Å². The number of ether oxygens (including phenoxy) is 2. The number of rotatable bonds is 6. The topological polar surface area (TPSA) is 38.8 Å². The van der Waals surface area contributed by atoms with Gasteiger partial charge < -0.3 is 14.4 Å². The lowest BCUT2D eigenvalue weighted by Crippen LogP contribution is -2.47. The molecule has 0 spiro atoms. The largest absolute Gasteiger partial charge is 0.442 e. The van der Waals surface area contributed by atoms with E-state index in [4.69, 9.17) is 15.9 Å². The Hall–Kier alpha value is -1.83. The molecule has 0 N–H and O–H groups in total. The molecule has 118 valence electrons. The second-order valence-corrected chi connectivity index (χ2v) is 5.43. The van der Waals surface area contributed by atoms with Crippen molar-refractivity contribution in [2.45, 2.75) is 25.4 Å². The number of hydrogen-bond donors (Lipinski definition) is 0. The zero-order valence-corrected chi connectivity index (χ0v) is 13.1. The lowest BCUT2D eigenvalue weighted by Gasteiger charge is -2.37. The number of benzene rings is 1. The third-order valence-corrected chi connectivity index (χ3v) is 3.98. The Kier molecular flexibility index (Phi) is 6.00. The van der Waals surface area contributed by atoms with Gasteiger partial charge in [0.05, 0.1) is 12.2 Å². The fraction of sp³-hybridized carbons (Fsp3) is 0.500. The summed E-state index contributed by atoms with van der Waals surface area (Å²) in [5, 5.41) is 0. The van der Waals surface area contributed by atoms with E-state index in [1.54, 1.807) is 12.1 Å². The summed E-state index contributed by atoms with van der Waals surface area (Å²) < 4.78 is 11.0. The zero-order valence-electron chi connectivity index (χ0n) is 13.1. The normalized spacial score (nSPS) is 17.6. The number of carbonyl (C=O) groups is 1. The first kappa shape index (κ1) is 16.5. The van der Waals surface area contributed by atoms with Crippen molar-refractivity contribution in [3.63, 3.8) is 0 Å². The van der Waals surface area contributed by atoms with Crippen LogP contribution < -0.4 is 0 Å². The smallest absolute Gasteiger partial charge is 0.339 e. The van der Waals surface area contributed by atoms with Crippen LogP contribution in [0.1, 0.15) is 30.1 Å². The van der Waals surface area contributed by atoms with Crippen LogP contribution in [0, 0.1) is 12.3 Å². The molecule has 0 aliphatic carbocycles. The molecule has 1 aliphatic rings. The number of piperidine rings is 1. The average Bonchev–Trinajstić information content (AvgIpc) is 2.57. The third kappa shape index (κ3) is 4.33. The molecule has 0 atom stereocenters. The lowest BCUT2D eigenvalue weighted by atomic mass is 9.92. The molecule has 2 rings (SSSR count). The first-order chi connectivity index (χ1) is 10.7. The van der Waals surface area contributed by atoms with Crippen LogP contribution >= 0.6 is 0 Å². The van der Waals surface area contributed by atoms with Gasteiger partial charge in [0.2, 0.25) is 0 Å². The number of esters is 1. The highest BCUT2D eigenvalue weighted by atomic mass is 16.6. The molecule has 1 aromatic carbocycles. The predicted octanol–water partition coefficient (Wildman–Crippen LogP) is 2.35. The molecule has 1 aliphatic heterocycles. The summed E-state index contributed by atoms with van der Waals surface area (Å²) in [5.41, 5.74) is -0.245. The van der Waals surface area contributed by atoms with Crippen molar-refractivity contribution >= 4 is 5.97 Å². The molecule has 1 saturated heterocycles. The zero-order chi connectivity index (χ0) is 15.8. The van der Waals surface area contributed by atoms with Gasteiger partial charge in [-0.1, -0.05) is 24.1 Å². The molecular formula is C18H23NO3. The minimum absolute atomic E-state index is 0.346. The van der Waals surface area contributed by atoms with Crippen LogP contribution in [0.15, 0.2) is 30.3 Å². The van der Waals surface area contributed by atoms with Crippen molar-refractivity contribution in [3.05, 3.63) is 35.9 Å². The van der Waals surface area contributed by atoms with Crippen molar-refractivity contribution in [1.82, 2.24) is 4.90 Å². The molecule has 4 nitrogen and oxygen atoms in total. The maximum atomic E-state index is 12.2. The van der Waals surface area contributed by atoms with Gasteiger partial charge in [0.15, 0.2) is 5.60 Å². The molecule has 22 heavy (non-hydrogen) atoms. The number of hydrogen-bond acceptors (Lipinski definition) is 4. The highest BCUT2D eigenvalue weighted by Crippen LogP contribution is 2.27. The van der Waals surface area contributed by atoms with Crippen LogP contribution in [0.2, 0.25) is 0 Å². The van der Waals surface area contributed by atoms with E-state index in [0.29, 0.717) is 18.4 Å². The van der Waals surface area contributed by atoms with Gasteiger partial charge in [-0.05, 0) is 19.1 Å². The van der Waals surface area contributed by atoms with Crippen molar-refractivity contribution in [2.24, 2.45) is 0 Å². The first-order valence-corrected chi connectivity index (χ1v) is 7.75. The fourth-order valence-corrected chi connectivity index (χ4v) is 2.56. The van der Waals surface area contributed by atoms with Crippen LogP contribution in [-0.4, -0.2) is 49.3 Å². The Bertz CT molecular complexity index is 513. The van der Waals surface area contributed by atoms with Crippen LogP contribution in [0.3, 0.4) is 0 Å². The van der Waals surface area contributed by atoms with Gasteiger partial charge in [0.25, 0.3) is 0 Å². The predicted molar refractivity (Wildman–Crippen MR) is 85.6 cm³/mol. The third-order valence-electron chi connectivity index (χ3n) is 3.98. The Labute approximate surface area is 132 Å². The molecule has 1 fully saturated rings. The van der Waals surface area contributed by atoms with Crippen LogP contribution in [0.5, 0.6) is 0 Å². The molecular weight excluding hydrogens is 278 g/mol. The van der Waals surface area contributed by atoms with Gasteiger partial charge in [-0.25, -0.2) is 4.79 Å². The van der Waals surface area contributed by atoms with Crippen LogP contribution in [0.4, 0.5) is 0 Å². The van der Waals surface area contributed by atoms with E-state index in [-0.39, 0.29) is 5.97 Å². The summed E-state index contributed by atoms with van der Waals surface area (Å²) in [7, 11) is 0. The Balaban J connectivity index is 1.89.